The summed E-state index contributed by atoms with van der Waals surface area (Å²) in [6.07, 6.45) is -7.14. The Kier molecular flexibility index (Phi) is 4.86. The van der Waals surface area contributed by atoms with Gasteiger partial charge in [0.15, 0.2) is 0 Å². The molecular formula is C29H34FN3O5. The van der Waals surface area contributed by atoms with E-state index >= 15 is 4.39 Å². The van der Waals surface area contributed by atoms with Gasteiger partial charge in [-0.1, -0.05) is 24.3 Å². The van der Waals surface area contributed by atoms with Crippen molar-refractivity contribution < 1.29 is 37.8 Å². The second-order valence-corrected chi connectivity index (χ2v) is 10.8. The fourth-order valence-corrected chi connectivity index (χ4v) is 5.23. The van der Waals surface area contributed by atoms with E-state index in [1.54, 1.807) is 17.4 Å². The number of ether oxygens (including phenoxy) is 2. The van der Waals surface area contributed by atoms with E-state index < -0.39 is 65.6 Å². The van der Waals surface area contributed by atoms with E-state index in [9.17, 15) is 14.4 Å². The molecule has 0 radical (unpaired) electrons. The van der Waals surface area contributed by atoms with Gasteiger partial charge in [-0.25, -0.2) is 4.39 Å². The maximum absolute atomic E-state index is 15.7. The summed E-state index contributed by atoms with van der Waals surface area (Å²) in [5.74, 6) is -5.40. The molecule has 0 saturated carbocycles. The van der Waals surface area contributed by atoms with E-state index in [1.807, 2.05) is 27.7 Å². The number of hydrogen-bond acceptors (Lipinski definition) is 6. The molecule has 0 aliphatic carbocycles. The number of carbonyl (C=O) groups is 3. The first kappa shape index (κ1) is 18.9. The van der Waals surface area contributed by atoms with E-state index in [4.69, 9.17) is 19.1 Å². The van der Waals surface area contributed by atoms with Crippen molar-refractivity contribution in [2.75, 3.05) is 13.1 Å². The smallest absolute Gasteiger partial charge is 0.255 e. The average molecular weight is 531 g/mol. The van der Waals surface area contributed by atoms with Crippen LogP contribution in [0.5, 0.6) is 5.75 Å². The molecule has 3 aliphatic rings. The molecule has 3 heterocycles. The van der Waals surface area contributed by atoms with Crippen LogP contribution in [0.2, 0.25) is 0 Å². The Balaban J connectivity index is 1.44. The monoisotopic (exact) mass is 530 g/mol. The maximum atomic E-state index is 15.7. The number of benzene rings is 2. The Morgan fingerprint density at radius 1 is 1.11 bits per heavy atom. The largest absolute Gasteiger partial charge is 0.488 e. The number of carbonyl (C=O) groups excluding carboxylic acids is 3. The van der Waals surface area contributed by atoms with Gasteiger partial charge in [0.1, 0.15) is 24.2 Å². The molecule has 202 valence electrons. The molecule has 1 N–H and O–H groups in total. The fraction of sp³-hybridized carbons (Fsp3) is 0.483. The summed E-state index contributed by atoms with van der Waals surface area (Å²) in [5, 5.41) is 1.56. The van der Waals surface area contributed by atoms with Crippen molar-refractivity contribution in [3.63, 3.8) is 0 Å². The molecule has 0 spiro atoms. The third-order valence-electron chi connectivity index (χ3n) is 6.34. The average Bonchev–Trinajstić information content (AvgIpc) is 3.11. The molecule has 2 saturated heterocycles. The van der Waals surface area contributed by atoms with Crippen LogP contribution in [0.15, 0.2) is 36.4 Å². The minimum absolute atomic E-state index is 0.0103. The number of halogens is 1. The lowest BCUT2D eigenvalue weighted by Crippen LogP contribution is -2.56. The van der Waals surface area contributed by atoms with Gasteiger partial charge in [-0.3, -0.25) is 24.6 Å². The maximum Gasteiger partial charge on any atom is 0.255 e. The highest BCUT2D eigenvalue weighted by Crippen LogP contribution is 2.34. The quantitative estimate of drug-likeness (QED) is 0.575. The van der Waals surface area contributed by atoms with Crippen LogP contribution >= 0.6 is 0 Å². The van der Waals surface area contributed by atoms with E-state index in [0.29, 0.717) is 25.2 Å². The second-order valence-electron chi connectivity index (χ2n) is 10.8. The number of fused-ring (bicyclic) bond motifs is 1. The first-order valence-electron chi connectivity index (χ1n) is 15.7. The molecule has 1 unspecified atom stereocenters. The van der Waals surface area contributed by atoms with Crippen molar-refractivity contribution in [1.82, 2.24) is 15.1 Å². The summed E-state index contributed by atoms with van der Waals surface area (Å²) in [6, 6.07) is 5.12. The molecule has 5 rings (SSSR count). The molecule has 0 bridgehead atoms. The van der Waals surface area contributed by atoms with Gasteiger partial charge >= 0.3 is 0 Å². The van der Waals surface area contributed by atoms with E-state index in [-0.39, 0.29) is 28.4 Å². The topological polar surface area (TPSA) is 88.2 Å². The Labute approximate surface area is 231 Å². The molecule has 8 nitrogen and oxygen atoms in total. The van der Waals surface area contributed by atoms with Crippen LogP contribution in [0.25, 0.3) is 0 Å². The Morgan fingerprint density at radius 3 is 2.53 bits per heavy atom. The summed E-state index contributed by atoms with van der Waals surface area (Å²) < 4.78 is 86.5. The SMILES string of the molecule is [2H]C1([2H])c2c(OCc3cccc(CN4CC(C)(C)OC(C)(C)C4)c3F)cccc2C(=O)N1C1([2H])C(=O)NC(=O)C([2H])([2H])C1([2H])[2H]. The van der Waals surface area contributed by atoms with Gasteiger partial charge < -0.3 is 14.4 Å². The number of piperidine rings is 1. The van der Waals surface area contributed by atoms with Gasteiger partial charge in [-0.05, 0) is 46.2 Å². The number of nitrogens with zero attached hydrogens (tertiary/aromatic N) is 2. The summed E-state index contributed by atoms with van der Waals surface area (Å²) >= 11 is 0. The first-order valence-corrected chi connectivity index (χ1v) is 12.2. The van der Waals surface area contributed by atoms with Gasteiger partial charge in [0, 0.05) is 53.7 Å². The summed E-state index contributed by atoms with van der Waals surface area (Å²) in [5.41, 5.74) is -1.14. The zero-order chi connectivity index (χ0) is 33.5. The van der Waals surface area contributed by atoms with Gasteiger partial charge in [0.05, 0.1) is 21.8 Å². The van der Waals surface area contributed by atoms with E-state index in [1.165, 1.54) is 24.3 Å². The Morgan fingerprint density at radius 2 is 1.79 bits per heavy atom. The lowest BCUT2D eigenvalue weighted by atomic mass is 9.98. The molecular weight excluding hydrogens is 489 g/mol. The van der Waals surface area contributed by atoms with Crippen LogP contribution in [0.3, 0.4) is 0 Å². The highest BCUT2D eigenvalue weighted by molar-refractivity contribution is 6.05. The predicted octanol–water partition coefficient (Wildman–Crippen LogP) is 3.56. The highest BCUT2D eigenvalue weighted by Gasteiger charge is 2.40. The normalized spacial score (nSPS) is 31.4. The van der Waals surface area contributed by atoms with Crippen molar-refractivity contribution in [2.45, 2.75) is 77.3 Å². The van der Waals surface area contributed by atoms with E-state index in [0.717, 1.165) is 0 Å². The molecule has 2 fully saturated rings. The highest BCUT2D eigenvalue weighted by atomic mass is 19.1. The van der Waals surface area contributed by atoms with Crippen LogP contribution in [-0.2, 0) is 34.0 Å². The third-order valence-corrected chi connectivity index (χ3v) is 6.34. The lowest BCUT2D eigenvalue weighted by molar-refractivity contribution is -0.182. The predicted molar refractivity (Wildman–Crippen MR) is 138 cm³/mol. The summed E-state index contributed by atoms with van der Waals surface area (Å²) in [7, 11) is 0. The van der Waals surface area contributed by atoms with Crippen LogP contribution in [-0.4, -0.2) is 57.8 Å². The zero-order valence-electron chi connectivity index (χ0n) is 28.6. The van der Waals surface area contributed by atoms with Gasteiger partial charge in [0.2, 0.25) is 11.8 Å². The summed E-state index contributed by atoms with van der Waals surface area (Å²) in [4.78, 5) is 40.6. The number of morpholine rings is 1. The Hall–Kier alpha value is -3.30. The number of imide groups is 1. The van der Waals surface area contributed by atoms with Crippen LogP contribution in [0, 0.1) is 5.82 Å². The van der Waals surface area contributed by atoms with Crippen LogP contribution in [0.4, 0.5) is 4.39 Å². The molecule has 3 aliphatic heterocycles. The molecule has 1 atom stereocenters. The van der Waals surface area contributed by atoms with Crippen LogP contribution < -0.4 is 10.1 Å². The van der Waals surface area contributed by atoms with Crippen molar-refractivity contribution in [3.05, 3.63) is 64.5 Å². The van der Waals surface area contributed by atoms with Gasteiger partial charge in [0.25, 0.3) is 5.91 Å². The fourth-order valence-electron chi connectivity index (χ4n) is 5.23. The van der Waals surface area contributed by atoms with E-state index in [2.05, 4.69) is 4.90 Å². The number of nitrogens with one attached hydrogen (secondary N) is 1. The Bertz CT molecular complexity index is 1590. The molecule has 2 aromatic rings. The van der Waals surface area contributed by atoms with Crippen molar-refractivity contribution >= 4 is 17.7 Å². The summed E-state index contributed by atoms with van der Waals surface area (Å²) in [6.45, 7) is 5.87. The minimum atomic E-state index is -3.67. The second kappa shape index (κ2) is 9.78. The number of rotatable bonds is 6. The lowest BCUT2D eigenvalue weighted by Gasteiger charge is -2.47. The zero-order valence-corrected chi connectivity index (χ0v) is 21.6. The molecule has 38 heavy (non-hydrogen) atoms. The van der Waals surface area contributed by atoms with Crippen LogP contribution in [0.1, 0.15) is 77.1 Å². The molecule has 2 aromatic carbocycles. The van der Waals surface area contributed by atoms with Crippen molar-refractivity contribution in [1.29, 1.82) is 0 Å². The number of hydrogen-bond donors (Lipinski definition) is 1. The number of amides is 3. The minimum Gasteiger partial charge on any atom is -0.488 e. The van der Waals surface area contributed by atoms with Gasteiger partial charge in [-0.2, -0.15) is 0 Å². The van der Waals surface area contributed by atoms with Crippen molar-refractivity contribution in [3.8, 4) is 5.75 Å². The standard InChI is InChI=1S/C29H34FN3O5/c1-28(2)16-32(17-29(3,4)38-28)13-18-7-5-8-19(25(18)30)15-37-23-10-6-9-20-21(23)14-33(27(20)36)22-11-12-24(34)31-26(22)35/h5-10,22H,11-17H2,1-4H3,(H,31,34,35)/i11D2,12D2,14D2,22D. The molecule has 3 amide bonds. The van der Waals surface area contributed by atoms with Gasteiger partial charge in [-0.15, -0.1) is 0 Å². The molecule has 0 aromatic heterocycles. The third kappa shape index (κ3) is 5.31. The first-order chi connectivity index (χ1) is 20.6. The van der Waals surface area contributed by atoms with Crippen molar-refractivity contribution in [2.24, 2.45) is 0 Å². The molecule has 9 heteroatoms.